The zero-order valence-electron chi connectivity index (χ0n) is 17.4. The van der Waals surface area contributed by atoms with Crippen LogP contribution in [0.25, 0.3) is 10.8 Å². The number of hydrogen-bond acceptors (Lipinski definition) is 4. The Bertz CT molecular complexity index is 1260. The summed E-state index contributed by atoms with van der Waals surface area (Å²) in [6.07, 6.45) is 6.64. The molecule has 0 aromatic heterocycles. The summed E-state index contributed by atoms with van der Waals surface area (Å²) < 4.78 is 6.13. The molecule has 158 valence electrons. The lowest BCUT2D eigenvalue weighted by Crippen LogP contribution is -2.28. The summed E-state index contributed by atoms with van der Waals surface area (Å²) >= 11 is 0. The van der Waals surface area contributed by atoms with Crippen LogP contribution in [0.2, 0.25) is 0 Å². The molecule has 3 aliphatic rings. The molecule has 32 heavy (non-hydrogen) atoms. The lowest BCUT2D eigenvalue weighted by Gasteiger charge is -2.13. The van der Waals surface area contributed by atoms with Crippen molar-refractivity contribution >= 4 is 28.8 Å². The number of amides is 2. The minimum atomic E-state index is -0.243. The van der Waals surface area contributed by atoms with Crippen LogP contribution < -0.4 is 4.74 Å². The van der Waals surface area contributed by atoms with E-state index in [1.54, 1.807) is 6.21 Å². The molecule has 1 heterocycles. The second-order valence-corrected chi connectivity index (χ2v) is 8.70. The van der Waals surface area contributed by atoms with E-state index in [0.29, 0.717) is 12.4 Å². The van der Waals surface area contributed by atoms with Gasteiger partial charge in [-0.1, -0.05) is 66.7 Å². The molecule has 1 aliphatic heterocycles. The quantitative estimate of drug-likeness (QED) is 0.344. The summed E-state index contributed by atoms with van der Waals surface area (Å²) in [4.78, 5) is 25.7. The number of hydrazone groups is 1. The number of fused-ring (bicyclic) bond motifs is 6. The molecule has 1 saturated heterocycles. The van der Waals surface area contributed by atoms with Crippen molar-refractivity contribution in [1.29, 1.82) is 0 Å². The number of ether oxygens (including phenoxy) is 1. The van der Waals surface area contributed by atoms with Crippen molar-refractivity contribution in [3.05, 3.63) is 90.0 Å². The maximum atomic E-state index is 12.9. The highest BCUT2D eigenvalue weighted by Gasteiger charge is 2.59. The maximum absolute atomic E-state index is 12.9. The number of nitrogens with zero attached hydrogens (tertiary/aromatic N) is 2. The van der Waals surface area contributed by atoms with Crippen molar-refractivity contribution in [3.63, 3.8) is 0 Å². The average molecular weight is 422 g/mol. The van der Waals surface area contributed by atoms with Crippen LogP contribution >= 0.6 is 0 Å². The molecule has 0 spiro atoms. The number of carbonyl (C=O) groups is 2. The maximum Gasteiger partial charge on any atom is 0.254 e. The van der Waals surface area contributed by atoms with E-state index in [2.05, 4.69) is 41.5 Å². The zero-order valence-corrected chi connectivity index (χ0v) is 17.4. The standard InChI is InChI=1S/C27H22N2O3/c30-26-24-18-12-13-19(14-18)25(24)27(31)29(26)28-15-20-7-2-4-11-23(20)32-16-21-9-5-8-17-6-1-3-10-22(17)21/h1-13,15,18-19,24-25H,14,16H2/b28-15-/t18-,19-,24-,25-/m0/s1. The summed E-state index contributed by atoms with van der Waals surface area (Å²) in [5, 5.41) is 7.70. The molecular weight excluding hydrogens is 400 g/mol. The van der Waals surface area contributed by atoms with Crippen LogP contribution in [0, 0.1) is 23.7 Å². The van der Waals surface area contributed by atoms with Gasteiger partial charge < -0.3 is 4.74 Å². The van der Waals surface area contributed by atoms with Gasteiger partial charge in [0.25, 0.3) is 11.8 Å². The smallest absolute Gasteiger partial charge is 0.254 e. The van der Waals surface area contributed by atoms with Crippen molar-refractivity contribution in [1.82, 2.24) is 5.01 Å². The van der Waals surface area contributed by atoms with Crippen molar-refractivity contribution in [2.24, 2.45) is 28.8 Å². The minimum absolute atomic E-state index is 0.178. The third-order valence-electron chi connectivity index (χ3n) is 6.94. The largest absolute Gasteiger partial charge is 0.488 e. The zero-order chi connectivity index (χ0) is 21.7. The summed E-state index contributed by atoms with van der Waals surface area (Å²) in [5.74, 6) is 0.172. The fourth-order valence-corrected chi connectivity index (χ4v) is 5.41. The Morgan fingerprint density at radius 3 is 2.38 bits per heavy atom. The van der Waals surface area contributed by atoms with E-state index >= 15 is 0 Å². The van der Waals surface area contributed by atoms with Gasteiger partial charge in [0.15, 0.2) is 0 Å². The molecule has 2 amide bonds. The molecule has 0 radical (unpaired) electrons. The summed E-state index contributed by atoms with van der Waals surface area (Å²) in [7, 11) is 0. The topological polar surface area (TPSA) is 59.0 Å². The van der Waals surface area contributed by atoms with Crippen LogP contribution in [0.15, 0.2) is 84.0 Å². The van der Waals surface area contributed by atoms with Gasteiger partial charge in [0.1, 0.15) is 12.4 Å². The number of benzene rings is 3. The van der Waals surface area contributed by atoms with Gasteiger partial charge >= 0.3 is 0 Å². The molecule has 6 rings (SSSR count). The minimum Gasteiger partial charge on any atom is -0.488 e. The van der Waals surface area contributed by atoms with E-state index in [4.69, 9.17) is 4.74 Å². The van der Waals surface area contributed by atoms with Crippen LogP contribution in [0.3, 0.4) is 0 Å². The highest BCUT2D eigenvalue weighted by molar-refractivity contribution is 6.06. The van der Waals surface area contributed by atoms with Crippen LogP contribution in [0.1, 0.15) is 17.5 Å². The third kappa shape index (κ3) is 2.96. The molecule has 3 aromatic rings. The van der Waals surface area contributed by atoms with Crippen LogP contribution in [0.4, 0.5) is 0 Å². The molecule has 4 atom stereocenters. The Balaban J connectivity index is 1.22. The number of imide groups is 1. The van der Waals surface area contributed by atoms with Gasteiger partial charge in [0.2, 0.25) is 0 Å². The highest BCUT2D eigenvalue weighted by Crippen LogP contribution is 2.52. The highest BCUT2D eigenvalue weighted by atomic mass is 16.5. The first-order valence-electron chi connectivity index (χ1n) is 11.0. The first kappa shape index (κ1) is 19.0. The number of allylic oxidation sites excluding steroid dienone is 2. The molecule has 2 aliphatic carbocycles. The van der Waals surface area contributed by atoms with Gasteiger partial charge in [-0.2, -0.15) is 10.1 Å². The predicted octanol–water partition coefficient (Wildman–Crippen LogP) is 4.56. The van der Waals surface area contributed by atoms with Gasteiger partial charge in [-0.05, 0) is 46.7 Å². The van der Waals surface area contributed by atoms with Crippen molar-refractivity contribution in [2.75, 3.05) is 0 Å². The van der Waals surface area contributed by atoms with Crippen LogP contribution in [0.5, 0.6) is 5.75 Å². The molecule has 0 unspecified atom stereocenters. The Kier molecular flexibility index (Phi) is 4.42. The SMILES string of the molecule is O=C1[C@@H]2[C@@H](C(=O)N1/N=C\c1ccccc1OCc1cccc3ccccc13)[C@H]1C=C[C@H]2C1. The Hall–Kier alpha value is -3.73. The van der Waals surface area contributed by atoms with Crippen LogP contribution in [-0.2, 0) is 16.2 Å². The molecule has 2 bridgehead atoms. The second-order valence-electron chi connectivity index (χ2n) is 8.70. The van der Waals surface area contributed by atoms with Crippen molar-refractivity contribution < 1.29 is 14.3 Å². The number of para-hydroxylation sites is 1. The van der Waals surface area contributed by atoms with Crippen molar-refractivity contribution in [3.8, 4) is 5.75 Å². The van der Waals surface area contributed by atoms with Gasteiger partial charge in [0.05, 0.1) is 18.1 Å². The Labute approximate surface area is 186 Å². The molecule has 1 saturated carbocycles. The van der Waals surface area contributed by atoms with Gasteiger partial charge in [0, 0.05) is 5.56 Å². The van der Waals surface area contributed by atoms with E-state index < -0.39 is 0 Å². The van der Waals surface area contributed by atoms with Crippen LogP contribution in [-0.4, -0.2) is 23.0 Å². The van der Waals surface area contributed by atoms with E-state index in [1.165, 1.54) is 5.39 Å². The number of rotatable bonds is 5. The van der Waals surface area contributed by atoms with Gasteiger partial charge in [-0.15, -0.1) is 0 Å². The number of hydrogen-bond donors (Lipinski definition) is 0. The first-order chi connectivity index (χ1) is 15.7. The molecule has 3 aromatic carbocycles. The molecule has 5 heteroatoms. The normalized spacial score (nSPS) is 25.9. The van der Waals surface area contributed by atoms with E-state index in [9.17, 15) is 9.59 Å². The molecule has 0 N–H and O–H groups in total. The summed E-state index contributed by atoms with van der Waals surface area (Å²) in [6, 6.07) is 21.9. The van der Waals surface area contributed by atoms with Crippen molar-refractivity contribution in [2.45, 2.75) is 13.0 Å². The van der Waals surface area contributed by atoms with Gasteiger partial charge in [-0.3, -0.25) is 9.59 Å². The first-order valence-corrected chi connectivity index (χ1v) is 11.0. The fraction of sp³-hybridized carbons (Fsp3) is 0.222. The fourth-order valence-electron chi connectivity index (χ4n) is 5.41. The summed E-state index contributed by atoms with van der Waals surface area (Å²) in [6.45, 7) is 0.410. The average Bonchev–Trinajstić information content (AvgIpc) is 3.51. The lowest BCUT2D eigenvalue weighted by atomic mass is 9.85. The monoisotopic (exact) mass is 422 g/mol. The third-order valence-corrected chi connectivity index (χ3v) is 6.94. The van der Waals surface area contributed by atoms with E-state index in [0.717, 1.165) is 27.9 Å². The van der Waals surface area contributed by atoms with Gasteiger partial charge in [-0.25, -0.2) is 0 Å². The Morgan fingerprint density at radius 1 is 0.875 bits per heavy atom. The second kappa shape index (κ2) is 7.45. The Morgan fingerprint density at radius 2 is 1.56 bits per heavy atom. The number of carbonyl (C=O) groups excluding carboxylic acids is 2. The molecular formula is C27H22N2O3. The van der Waals surface area contributed by atoms with E-state index in [-0.39, 0.29) is 35.5 Å². The summed E-state index contributed by atoms with van der Waals surface area (Å²) in [5.41, 5.74) is 1.82. The molecule has 5 nitrogen and oxygen atoms in total. The van der Waals surface area contributed by atoms with E-state index in [1.807, 2.05) is 42.5 Å². The predicted molar refractivity (Wildman–Crippen MR) is 122 cm³/mol. The lowest BCUT2D eigenvalue weighted by molar-refractivity contribution is -0.140. The molecule has 2 fully saturated rings.